The van der Waals surface area contributed by atoms with Gasteiger partial charge in [0.15, 0.2) is 0 Å². The zero-order valence-electron chi connectivity index (χ0n) is 11.4. The van der Waals surface area contributed by atoms with Crippen LogP contribution in [0.2, 0.25) is 0 Å². The number of hydrogen-bond acceptors (Lipinski definition) is 2. The quantitative estimate of drug-likeness (QED) is 0.573. The van der Waals surface area contributed by atoms with Gasteiger partial charge in [-0.25, -0.2) is 4.79 Å². The number of alkyl halides is 3. The van der Waals surface area contributed by atoms with Crippen LogP contribution in [0.15, 0.2) is 0 Å². The molecule has 0 aromatic heterocycles. The molecule has 2 amide bonds. The highest BCUT2D eigenvalue weighted by atomic mass is 19.4. The summed E-state index contributed by atoms with van der Waals surface area (Å²) < 4.78 is 35.6. The molecule has 0 bridgehead atoms. The molecular formula is C12H21F3N2O3. The van der Waals surface area contributed by atoms with Crippen molar-refractivity contribution in [3.63, 3.8) is 0 Å². The highest BCUT2D eigenvalue weighted by Gasteiger charge is 2.25. The molecule has 0 rings (SSSR count). The molecule has 0 radical (unpaired) electrons. The first kappa shape index (κ1) is 18.5. The summed E-state index contributed by atoms with van der Waals surface area (Å²) in [5, 5.41) is 13.6. The average molecular weight is 298 g/mol. The van der Waals surface area contributed by atoms with Crippen LogP contribution in [0.1, 0.15) is 45.4 Å². The average Bonchev–Trinajstić information content (AvgIpc) is 2.26. The third kappa shape index (κ3) is 11.6. The first-order valence-electron chi connectivity index (χ1n) is 6.57. The van der Waals surface area contributed by atoms with Crippen molar-refractivity contribution >= 4 is 12.0 Å². The number of halogens is 3. The minimum absolute atomic E-state index is 0.0444. The van der Waals surface area contributed by atoms with Gasteiger partial charge in [0.25, 0.3) is 0 Å². The summed E-state index contributed by atoms with van der Waals surface area (Å²) in [4.78, 5) is 22.0. The van der Waals surface area contributed by atoms with Crippen LogP contribution in [0.4, 0.5) is 18.0 Å². The summed E-state index contributed by atoms with van der Waals surface area (Å²) in [6.45, 7) is 2.00. The van der Waals surface area contributed by atoms with Gasteiger partial charge in [0, 0.05) is 19.0 Å². The molecule has 1 atom stereocenters. The summed E-state index contributed by atoms with van der Waals surface area (Å²) in [5.74, 6) is -1.01. The molecule has 5 nitrogen and oxygen atoms in total. The maximum absolute atomic E-state index is 11.9. The molecule has 0 saturated carbocycles. The highest BCUT2D eigenvalue weighted by Crippen LogP contribution is 2.21. The SMILES string of the molecule is CCCC(CC(=O)O)NC(=O)NCCCCC(F)(F)F. The first-order valence-corrected chi connectivity index (χ1v) is 6.57. The number of unbranched alkanes of at least 4 members (excludes halogenated alkanes) is 1. The maximum atomic E-state index is 11.9. The van der Waals surface area contributed by atoms with E-state index >= 15 is 0 Å². The second kappa shape index (κ2) is 9.44. The van der Waals surface area contributed by atoms with Crippen molar-refractivity contribution in [3.8, 4) is 0 Å². The Morgan fingerprint density at radius 2 is 1.90 bits per heavy atom. The summed E-state index contributed by atoms with van der Waals surface area (Å²) in [7, 11) is 0. The Hall–Kier alpha value is -1.47. The number of aliphatic carboxylic acids is 1. The normalized spacial score (nSPS) is 12.8. The van der Waals surface area contributed by atoms with Gasteiger partial charge in [0.05, 0.1) is 6.42 Å². The van der Waals surface area contributed by atoms with Gasteiger partial charge in [0.1, 0.15) is 0 Å². The van der Waals surface area contributed by atoms with E-state index in [0.717, 1.165) is 6.42 Å². The summed E-state index contributed by atoms with van der Waals surface area (Å²) >= 11 is 0. The number of nitrogens with one attached hydrogen (secondary N) is 2. The fraction of sp³-hybridized carbons (Fsp3) is 0.833. The summed E-state index contributed by atoms with van der Waals surface area (Å²) in [5.41, 5.74) is 0. The molecular weight excluding hydrogens is 277 g/mol. The molecule has 0 aliphatic heterocycles. The standard InChI is InChI=1S/C12H21F3N2O3/c1-2-5-9(8-10(18)19)17-11(20)16-7-4-3-6-12(13,14)15/h9H,2-8H2,1H3,(H,18,19)(H2,16,17,20). The Bertz CT molecular complexity index is 309. The summed E-state index contributed by atoms with van der Waals surface area (Å²) in [6.07, 6.45) is -3.77. The van der Waals surface area contributed by atoms with Crippen LogP contribution in [0.5, 0.6) is 0 Å². The molecule has 1 unspecified atom stereocenters. The van der Waals surface area contributed by atoms with Crippen molar-refractivity contribution in [1.29, 1.82) is 0 Å². The highest BCUT2D eigenvalue weighted by molar-refractivity contribution is 5.75. The lowest BCUT2D eigenvalue weighted by molar-refractivity contribution is -0.137. The smallest absolute Gasteiger partial charge is 0.389 e. The van der Waals surface area contributed by atoms with Gasteiger partial charge in [-0.3, -0.25) is 4.79 Å². The zero-order chi connectivity index (χ0) is 15.6. The molecule has 0 aliphatic rings. The second-order valence-corrected chi connectivity index (χ2v) is 4.56. The molecule has 0 aromatic rings. The van der Waals surface area contributed by atoms with Crippen LogP contribution >= 0.6 is 0 Å². The van der Waals surface area contributed by atoms with E-state index < -0.39 is 30.6 Å². The molecule has 0 heterocycles. The van der Waals surface area contributed by atoms with Gasteiger partial charge < -0.3 is 15.7 Å². The van der Waals surface area contributed by atoms with E-state index in [1.54, 1.807) is 0 Å². The zero-order valence-corrected chi connectivity index (χ0v) is 11.4. The van der Waals surface area contributed by atoms with Gasteiger partial charge in [-0.1, -0.05) is 13.3 Å². The Labute approximate surface area is 115 Å². The number of carboxylic acid groups (broad SMARTS) is 1. The largest absolute Gasteiger partial charge is 0.481 e. The van der Waals surface area contributed by atoms with Crippen molar-refractivity contribution in [2.24, 2.45) is 0 Å². The predicted octanol–water partition coefficient (Wildman–Crippen LogP) is 2.66. The van der Waals surface area contributed by atoms with E-state index in [0.29, 0.717) is 6.42 Å². The minimum Gasteiger partial charge on any atom is -0.481 e. The number of amides is 2. The van der Waals surface area contributed by atoms with Crippen LogP contribution in [-0.4, -0.2) is 35.9 Å². The van der Waals surface area contributed by atoms with Crippen LogP contribution in [0.3, 0.4) is 0 Å². The Morgan fingerprint density at radius 1 is 1.25 bits per heavy atom. The van der Waals surface area contributed by atoms with Crippen LogP contribution in [0, 0.1) is 0 Å². The molecule has 20 heavy (non-hydrogen) atoms. The van der Waals surface area contributed by atoms with Crippen LogP contribution in [0.25, 0.3) is 0 Å². The van der Waals surface area contributed by atoms with Gasteiger partial charge in [-0.15, -0.1) is 0 Å². The van der Waals surface area contributed by atoms with Crippen LogP contribution < -0.4 is 10.6 Å². The maximum Gasteiger partial charge on any atom is 0.389 e. The van der Waals surface area contributed by atoms with E-state index in [2.05, 4.69) is 10.6 Å². The lowest BCUT2D eigenvalue weighted by atomic mass is 10.1. The Kier molecular flexibility index (Phi) is 8.74. The van der Waals surface area contributed by atoms with E-state index in [1.165, 1.54) is 0 Å². The van der Waals surface area contributed by atoms with Gasteiger partial charge in [-0.2, -0.15) is 13.2 Å². The molecule has 0 aliphatic carbocycles. The number of urea groups is 1. The Balaban J connectivity index is 3.82. The summed E-state index contributed by atoms with van der Waals surface area (Å²) in [6, 6.07) is -1.01. The molecule has 0 saturated heterocycles. The van der Waals surface area contributed by atoms with Crippen molar-refractivity contribution in [1.82, 2.24) is 10.6 Å². The molecule has 3 N–H and O–H groups in total. The number of carbonyl (C=O) groups is 2. The first-order chi connectivity index (χ1) is 9.24. The van der Waals surface area contributed by atoms with Crippen molar-refractivity contribution in [3.05, 3.63) is 0 Å². The van der Waals surface area contributed by atoms with Crippen molar-refractivity contribution < 1.29 is 27.9 Å². The van der Waals surface area contributed by atoms with Gasteiger partial charge >= 0.3 is 18.2 Å². The number of rotatable bonds is 9. The van der Waals surface area contributed by atoms with E-state index in [-0.39, 0.29) is 25.8 Å². The molecule has 8 heteroatoms. The van der Waals surface area contributed by atoms with E-state index in [1.807, 2.05) is 6.92 Å². The molecule has 0 spiro atoms. The van der Waals surface area contributed by atoms with Gasteiger partial charge in [0.2, 0.25) is 0 Å². The third-order valence-electron chi connectivity index (χ3n) is 2.57. The number of carbonyl (C=O) groups excluding carboxylic acids is 1. The Morgan fingerprint density at radius 3 is 2.40 bits per heavy atom. The molecule has 0 fully saturated rings. The van der Waals surface area contributed by atoms with Crippen LogP contribution in [-0.2, 0) is 4.79 Å². The van der Waals surface area contributed by atoms with E-state index in [4.69, 9.17) is 5.11 Å². The minimum atomic E-state index is -4.17. The third-order valence-corrected chi connectivity index (χ3v) is 2.57. The second-order valence-electron chi connectivity index (χ2n) is 4.56. The number of hydrogen-bond donors (Lipinski definition) is 3. The monoisotopic (exact) mass is 298 g/mol. The number of carboxylic acids is 1. The fourth-order valence-electron chi connectivity index (χ4n) is 1.67. The topological polar surface area (TPSA) is 78.4 Å². The lowest BCUT2D eigenvalue weighted by Crippen LogP contribution is -2.43. The fourth-order valence-corrected chi connectivity index (χ4v) is 1.67. The van der Waals surface area contributed by atoms with E-state index in [9.17, 15) is 22.8 Å². The molecule has 118 valence electrons. The molecule has 0 aromatic carbocycles. The van der Waals surface area contributed by atoms with Crippen molar-refractivity contribution in [2.75, 3.05) is 6.54 Å². The van der Waals surface area contributed by atoms with Gasteiger partial charge in [-0.05, 0) is 19.3 Å². The lowest BCUT2D eigenvalue weighted by Gasteiger charge is -2.16. The van der Waals surface area contributed by atoms with Crippen molar-refractivity contribution in [2.45, 2.75) is 57.7 Å². The predicted molar refractivity (Wildman–Crippen MR) is 67.4 cm³/mol.